The summed E-state index contributed by atoms with van der Waals surface area (Å²) < 4.78 is 10.0. The summed E-state index contributed by atoms with van der Waals surface area (Å²) in [5.41, 5.74) is 0.679. The summed E-state index contributed by atoms with van der Waals surface area (Å²) in [5, 5.41) is 0.330. The number of hydrogen-bond acceptors (Lipinski definition) is 4. The SMILES string of the molecule is CCC/C=C\c1c(Cl)nc(OC)nc1OC. The largest absolute Gasteiger partial charge is 0.480 e. The van der Waals surface area contributed by atoms with Gasteiger partial charge in [0.25, 0.3) is 0 Å². The van der Waals surface area contributed by atoms with E-state index in [1.807, 2.05) is 12.2 Å². The van der Waals surface area contributed by atoms with E-state index in [0.29, 0.717) is 16.6 Å². The summed E-state index contributed by atoms with van der Waals surface area (Å²) in [6.45, 7) is 2.10. The lowest BCUT2D eigenvalue weighted by Gasteiger charge is -2.06. The Morgan fingerprint density at radius 1 is 1.25 bits per heavy atom. The summed E-state index contributed by atoms with van der Waals surface area (Å²) >= 11 is 6.01. The molecule has 5 heteroatoms. The molecule has 0 N–H and O–H groups in total. The van der Waals surface area contributed by atoms with E-state index in [-0.39, 0.29) is 6.01 Å². The lowest BCUT2D eigenvalue weighted by Crippen LogP contribution is -1.98. The van der Waals surface area contributed by atoms with Crippen molar-refractivity contribution < 1.29 is 9.47 Å². The molecular formula is C11H15ClN2O2. The van der Waals surface area contributed by atoms with Crippen LogP contribution in [0.4, 0.5) is 0 Å². The minimum Gasteiger partial charge on any atom is -0.480 e. The van der Waals surface area contributed by atoms with Gasteiger partial charge in [-0.2, -0.15) is 9.97 Å². The molecule has 1 heterocycles. The van der Waals surface area contributed by atoms with Gasteiger partial charge in [0.1, 0.15) is 5.15 Å². The highest BCUT2D eigenvalue weighted by atomic mass is 35.5. The van der Waals surface area contributed by atoms with E-state index in [1.54, 1.807) is 0 Å². The van der Waals surface area contributed by atoms with Gasteiger partial charge in [-0.15, -0.1) is 0 Å². The van der Waals surface area contributed by atoms with Gasteiger partial charge in [-0.05, 0) is 6.42 Å². The highest BCUT2D eigenvalue weighted by Gasteiger charge is 2.11. The molecule has 0 amide bonds. The molecule has 1 rings (SSSR count). The van der Waals surface area contributed by atoms with Crippen molar-refractivity contribution in [1.29, 1.82) is 0 Å². The molecule has 0 unspecified atom stereocenters. The smallest absolute Gasteiger partial charge is 0.320 e. The third kappa shape index (κ3) is 3.10. The van der Waals surface area contributed by atoms with Crippen LogP contribution in [0.2, 0.25) is 5.15 Å². The van der Waals surface area contributed by atoms with Crippen molar-refractivity contribution in [3.8, 4) is 11.9 Å². The van der Waals surface area contributed by atoms with Crippen molar-refractivity contribution in [2.75, 3.05) is 14.2 Å². The number of methoxy groups -OCH3 is 2. The summed E-state index contributed by atoms with van der Waals surface area (Å²) in [4.78, 5) is 8.04. The molecule has 0 aromatic carbocycles. The van der Waals surface area contributed by atoms with Gasteiger partial charge in [0, 0.05) is 0 Å². The van der Waals surface area contributed by atoms with Crippen LogP contribution in [0.5, 0.6) is 11.9 Å². The summed E-state index contributed by atoms with van der Waals surface area (Å²) in [6.07, 6.45) is 5.93. The fourth-order valence-electron chi connectivity index (χ4n) is 1.16. The molecule has 16 heavy (non-hydrogen) atoms. The Balaban J connectivity index is 3.06. The first-order valence-electron chi connectivity index (χ1n) is 5.05. The van der Waals surface area contributed by atoms with Crippen LogP contribution >= 0.6 is 11.6 Å². The Labute approximate surface area is 100 Å². The standard InChI is InChI=1S/C11H15ClN2O2/c1-4-5-6-7-8-9(12)13-11(16-3)14-10(8)15-2/h6-7H,4-5H2,1-3H3/b7-6-. The Morgan fingerprint density at radius 3 is 2.56 bits per heavy atom. The Bertz CT molecular complexity index is 380. The molecule has 0 radical (unpaired) electrons. The average molecular weight is 243 g/mol. The Morgan fingerprint density at radius 2 is 2.00 bits per heavy atom. The maximum absolute atomic E-state index is 6.01. The van der Waals surface area contributed by atoms with Gasteiger partial charge in [0.05, 0.1) is 19.8 Å². The number of ether oxygens (including phenoxy) is 2. The zero-order valence-electron chi connectivity index (χ0n) is 9.66. The van der Waals surface area contributed by atoms with E-state index in [9.17, 15) is 0 Å². The Hall–Kier alpha value is -1.29. The number of unbranched alkanes of at least 4 members (excludes halogenated alkanes) is 1. The summed E-state index contributed by atoms with van der Waals surface area (Å²) in [6, 6.07) is 0.203. The predicted octanol–water partition coefficient (Wildman–Crippen LogP) is 2.96. The maximum atomic E-state index is 6.01. The van der Waals surface area contributed by atoms with Crippen LogP contribution in [0.15, 0.2) is 6.08 Å². The lowest BCUT2D eigenvalue weighted by molar-refractivity contribution is 0.351. The minimum absolute atomic E-state index is 0.203. The van der Waals surface area contributed by atoms with Gasteiger partial charge in [-0.3, -0.25) is 0 Å². The molecule has 0 saturated heterocycles. The fraction of sp³-hybridized carbons (Fsp3) is 0.455. The van der Waals surface area contributed by atoms with Crippen molar-refractivity contribution in [2.24, 2.45) is 0 Å². The highest BCUT2D eigenvalue weighted by Crippen LogP contribution is 2.26. The lowest BCUT2D eigenvalue weighted by atomic mass is 10.2. The van der Waals surface area contributed by atoms with E-state index in [4.69, 9.17) is 21.1 Å². The third-order valence-corrected chi connectivity index (χ3v) is 2.25. The molecule has 0 aliphatic heterocycles. The molecule has 88 valence electrons. The van der Waals surface area contributed by atoms with Gasteiger partial charge in [-0.25, -0.2) is 0 Å². The van der Waals surface area contributed by atoms with E-state index in [2.05, 4.69) is 16.9 Å². The van der Waals surface area contributed by atoms with Crippen molar-refractivity contribution in [3.63, 3.8) is 0 Å². The van der Waals surface area contributed by atoms with Crippen LogP contribution in [-0.2, 0) is 0 Å². The van der Waals surface area contributed by atoms with Crippen molar-refractivity contribution in [1.82, 2.24) is 9.97 Å². The van der Waals surface area contributed by atoms with Gasteiger partial charge >= 0.3 is 6.01 Å². The van der Waals surface area contributed by atoms with Crippen LogP contribution in [0.1, 0.15) is 25.3 Å². The van der Waals surface area contributed by atoms with Crippen LogP contribution in [-0.4, -0.2) is 24.2 Å². The molecule has 4 nitrogen and oxygen atoms in total. The Kier molecular flexibility index (Phi) is 5.05. The van der Waals surface area contributed by atoms with Crippen molar-refractivity contribution in [3.05, 3.63) is 16.8 Å². The zero-order chi connectivity index (χ0) is 12.0. The first-order valence-corrected chi connectivity index (χ1v) is 5.42. The molecule has 1 aromatic heterocycles. The summed E-state index contributed by atoms with van der Waals surface area (Å²) in [5.74, 6) is 0.421. The minimum atomic E-state index is 0.203. The monoisotopic (exact) mass is 242 g/mol. The number of rotatable bonds is 5. The molecule has 0 saturated carbocycles. The number of nitrogens with zero attached hydrogens (tertiary/aromatic N) is 2. The van der Waals surface area contributed by atoms with Gasteiger partial charge in [0.15, 0.2) is 0 Å². The topological polar surface area (TPSA) is 44.2 Å². The average Bonchev–Trinajstić information content (AvgIpc) is 2.30. The van der Waals surface area contributed by atoms with Crippen LogP contribution in [0, 0.1) is 0 Å². The third-order valence-electron chi connectivity index (χ3n) is 1.96. The number of halogens is 1. The first kappa shape index (κ1) is 12.8. The van der Waals surface area contributed by atoms with E-state index in [1.165, 1.54) is 14.2 Å². The second-order valence-corrected chi connectivity index (χ2v) is 3.47. The van der Waals surface area contributed by atoms with Gasteiger partial charge in [0.2, 0.25) is 5.88 Å². The molecule has 0 fully saturated rings. The van der Waals surface area contributed by atoms with Crippen molar-refractivity contribution in [2.45, 2.75) is 19.8 Å². The quantitative estimate of drug-likeness (QED) is 0.745. The first-order chi connectivity index (χ1) is 7.72. The molecule has 1 aromatic rings. The molecule has 0 aliphatic carbocycles. The zero-order valence-corrected chi connectivity index (χ0v) is 10.4. The number of aromatic nitrogens is 2. The molecule has 0 spiro atoms. The predicted molar refractivity (Wildman–Crippen MR) is 64.1 cm³/mol. The van der Waals surface area contributed by atoms with Gasteiger partial charge in [-0.1, -0.05) is 37.1 Å². The van der Waals surface area contributed by atoms with Crippen LogP contribution in [0.25, 0.3) is 6.08 Å². The molecule has 0 atom stereocenters. The highest BCUT2D eigenvalue weighted by molar-refractivity contribution is 6.31. The normalized spacial score (nSPS) is 10.8. The maximum Gasteiger partial charge on any atom is 0.320 e. The van der Waals surface area contributed by atoms with Crippen LogP contribution in [0.3, 0.4) is 0 Å². The van der Waals surface area contributed by atoms with E-state index in [0.717, 1.165) is 12.8 Å². The molecular weight excluding hydrogens is 228 g/mol. The summed E-state index contributed by atoms with van der Waals surface area (Å²) in [7, 11) is 3.02. The second-order valence-electron chi connectivity index (χ2n) is 3.12. The molecule has 0 bridgehead atoms. The second kappa shape index (κ2) is 6.33. The van der Waals surface area contributed by atoms with Crippen LogP contribution < -0.4 is 9.47 Å². The van der Waals surface area contributed by atoms with E-state index >= 15 is 0 Å². The van der Waals surface area contributed by atoms with Gasteiger partial charge < -0.3 is 9.47 Å². The number of hydrogen-bond donors (Lipinski definition) is 0. The fourth-order valence-corrected chi connectivity index (χ4v) is 1.38. The van der Waals surface area contributed by atoms with E-state index < -0.39 is 0 Å². The van der Waals surface area contributed by atoms with Crippen molar-refractivity contribution >= 4 is 17.7 Å². The number of allylic oxidation sites excluding steroid dienone is 1. The molecule has 0 aliphatic rings.